The zero-order valence-corrected chi connectivity index (χ0v) is 15.6. The van der Waals surface area contributed by atoms with Gasteiger partial charge in [-0.3, -0.25) is 0 Å². The van der Waals surface area contributed by atoms with E-state index in [1.165, 1.54) is 19.3 Å². The van der Waals surface area contributed by atoms with Crippen LogP contribution in [-0.4, -0.2) is 23.3 Å². The second kappa shape index (κ2) is 5.57. The Kier molecular flexibility index (Phi) is 3.81. The number of fused-ring (bicyclic) bond motifs is 1. The summed E-state index contributed by atoms with van der Waals surface area (Å²) in [5, 5.41) is 11.0. The molecule has 0 heterocycles. The van der Waals surface area contributed by atoms with Gasteiger partial charge in [0, 0.05) is 5.41 Å². The third-order valence-electron chi connectivity index (χ3n) is 7.46. The van der Waals surface area contributed by atoms with Crippen LogP contribution in [0.2, 0.25) is 0 Å². The van der Waals surface area contributed by atoms with Crippen molar-refractivity contribution in [2.24, 2.45) is 22.2 Å². The molecule has 3 aliphatic rings. The summed E-state index contributed by atoms with van der Waals surface area (Å²) in [4.78, 5) is 12.6. The SMILES string of the molecule is CC1(C)[C@H]2[C@H](O)C[C@]3(C)CCC[C@@]2(C[C@H]1OC(=O)c1ccccc1)C3. The van der Waals surface area contributed by atoms with E-state index >= 15 is 0 Å². The normalized spacial score (nSPS) is 41.8. The number of esters is 1. The van der Waals surface area contributed by atoms with Crippen molar-refractivity contribution in [2.45, 2.75) is 71.5 Å². The lowest BCUT2D eigenvalue weighted by Crippen LogP contribution is -2.52. The summed E-state index contributed by atoms with van der Waals surface area (Å²) in [6.45, 7) is 6.72. The fourth-order valence-corrected chi connectivity index (χ4v) is 6.75. The molecule has 4 rings (SSSR count). The average molecular weight is 342 g/mol. The van der Waals surface area contributed by atoms with Crippen LogP contribution in [-0.2, 0) is 4.74 Å². The van der Waals surface area contributed by atoms with Crippen LogP contribution in [0.4, 0.5) is 0 Å². The molecule has 0 amide bonds. The van der Waals surface area contributed by atoms with Gasteiger partial charge in [0.2, 0.25) is 0 Å². The molecule has 1 spiro atoms. The molecule has 0 radical (unpaired) electrons. The van der Waals surface area contributed by atoms with E-state index in [9.17, 15) is 9.90 Å². The van der Waals surface area contributed by atoms with Crippen LogP contribution in [0.15, 0.2) is 30.3 Å². The summed E-state index contributed by atoms with van der Waals surface area (Å²) >= 11 is 0. The van der Waals surface area contributed by atoms with Gasteiger partial charge < -0.3 is 9.84 Å². The van der Waals surface area contributed by atoms with Crippen LogP contribution in [0.3, 0.4) is 0 Å². The van der Waals surface area contributed by atoms with Gasteiger partial charge in [-0.25, -0.2) is 4.79 Å². The van der Waals surface area contributed by atoms with Crippen molar-refractivity contribution in [2.75, 3.05) is 0 Å². The third kappa shape index (κ3) is 2.63. The smallest absolute Gasteiger partial charge is 0.338 e. The highest BCUT2D eigenvalue weighted by molar-refractivity contribution is 5.89. The molecule has 136 valence electrons. The minimum absolute atomic E-state index is 0.125. The molecule has 0 aromatic heterocycles. The molecule has 3 heteroatoms. The number of aliphatic hydroxyl groups excluding tert-OH is 1. The first-order chi connectivity index (χ1) is 11.8. The van der Waals surface area contributed by atoms with Gasteiger partial charge in [0.15, 0.2) is 0 Å². The lowest BCUT2D eigenvalue weighted by atomic mass is 9.49. The van der Waals surface area contributed by atoms with Gasteiger partial charge >= 0.3 is 5.97 Å². The van der Waals surface area contributed by atoms with E-state index < -0.39 is 0 Å². The molecule has 0 unspecified atom stereocenters. The Bertz CT molecular complexity index is 667. The monoisotopic (exact) mass is 342 g/mol. The average Bonchev–Trinajstić information content (AvgIpc) is 2.73. The molecule has 3 saturated carbocycles. The second-order valence-corrected chi connectivity index (χ2v) is 9.74. The van der Waals surface area contributed by atoms with Gasteiger partial charge in [-0.05, 0) is 61.0 Å². The van der Waals surface area contributed by atoms with Gasteiger partial charge in [0.05, 0.1) is 11.7 Å². The molecule has 1 aromatic rings. The summed E-state index contributed by atoms with van der Waals surface area (Å²) in [5.41, 5.74) is 0.806. The Morgan fingerprint density at radius 3 is 2.56 bits per heavy atom. The number of carbonyl (C=O) groups excluding carboxylic acids is 1. The Labute approximate surface area is 150 Å². The van der Waals surface area contributed by atoms with E-state index in [1.54, 1.807) is 0 Å². The first kappa shape index (κ1) is 17.1. The van der Waals surface area contributed by atoms with Crippen molar-refractivity contribution < 1.29 is 14.6 Å². The summed E-state index contributed by atoms with van der Waals surface area (Å²) in [5.74, 6) is -0.0104. The number of carbonyl (C=O) groups is 1. The molecule has 1 N–H and O–H groups in total. The molecule has 25 heavy (non-hydrogen) atoms. The molecule has 1 aromatic carbocycles. The number of aliphatic hydroxyl groups is 1. The fraction of sp³-hybridized carbons (Fsp3) is 0.682. The van der Waals surface area contributed by atoms with Crippen molar-refractivity contribution in [1.82, 2.24) is 0 Å². The molecule has 3 fully saturated rings. The minimum Gasteiger partial charge on any atom is -0.458 e. The number of hydrogen-bond donors (Lipinski definition) is 1. The van der Waals surface area contributed by atoms with Gasteiger partial charge in [-0.2, -0.15) is 0 Å². The van der Waals surface area contributed by atoms with E-state index in [0.29, 0.717) is 5.56 Å². The molecule has 3 nitrogen and oxygen atoms in total. The summed E-state index contributed by atoms with van der Waals surface area (Å²) < 4.78 is 6.02. The van der Waals surface area contributed by atoms with E-state index in [4.69, 9.17) is 4.74 Å². The van der Waals surface area contributed by atoms with E-state index in [1.807, 2.05) is 30.3 Å². The minimum atomic E-state index is -0.283. The summed E-state index contributed by atoms with van der Waals surface area (Å²) in [7, 11) is 0. The third-order valence-corrected chi connectivity index (χ3v) is 7.46. The molecular formula is C22H30O3. The van der Waals surface area contributed by atoms with Gasteiger partial charge in [-0.15, -0.1) is 0 Å². The zero-order chi connectivity index (χ0) is 17.9. The van der Waals surface area contributed by atoms with Crippen molar-refractivity contribution in [3.63, 3.8) is 0 Å². The second-order valence-electron chi connectivity index (χ2n) is 9.74. The van der Waals surface area contributed by atoms with Crippen LogP contribution in [0.25, 0.3) is 0 Å². The van der Waals surface area contributed by atoms with Crippen LogP contribution in [0.5, 0.6) is 0 Å². The molecular weight excluding hydrogens is 312 g/mol. The van der Waals surface area contributed by atoms with Gasteiger partial charge in [0.25, 0.3) is 0 Å². The van der Waals surface area contributed by atoms with Gasteiger partial charge in [-0.1, -0.05) is 45.4 Å². The highest BCUT2D eigenvalue weighted by Gasteiger charge is 2.66. The lowest BCUT2D eigenvalue weighted by molar-refractivity contribution is -0.126. The van der Waals surface area contributed by atoms with Crippen molar-refractivity contribution in [1.29, 1.82) is 0 Å². The Morgan fingerprint density at radius 1 is 1.12 bits per heavy atom. The highest BCUT2D eigenvalue weighted by Crippen LogP contribution is 2.69. The van der Waals surface area contributed by atoms with Gasteiger partial charge in [0.1, 0.15) is 6.10 Å². The standard InChI is InChI=1S/C22H30O3/c1-20(2)17(25-19(24)15-8-5-4-6-9-15)13-22-11-7-10-21(3,14-22)12-16(23)18(20)22/h4-6,8-9,16-18,23H,7,10-14H2,1-3H3/t16-,17-,18-,21+,22-/m1/s1. The van der Waals surface area contributed by atoms with Crippen molar-refractivity contribution in [3.05, 3.63) is 35.9 Å². The van der Waals surface area contributed by atoms with Crippen LogP contribution >= 0.6 is 0 Å². The quantitative estimate of drug-likeness (QED) is 0.800. The number of ether oxygens (including phenoxy) is 1. The maximum absolute atomic E-state index is 12.6. The zero-order valence-electron chi connectivity index (χ0n) is 15.6. The van der Waals surface area contributed by atoms with E-state index in [0.717, 1.165) is 19.3 Å². The molecule has 0 saturated heterocycles. The van der Waals surface area contributed by atoms with Crippen molar-refractivity contribution in [3.8, 4) is 0 Å². The first-order valence-electron chi connectivity index (χ1n) is 9.70. The predicted molar refractivity (Wildman–Crippen MR) is 97.2 cm³/mol. The molecule has 2 bridgehead atoms. The Hall–Kier alpha value is -1.35. The maximum atomic E-state index is 12.6. The summed E-state index contributed by atoms with van der Waals surface area (Å²) in [6.07, 6.45) is 6.16. The number of benzene rings is 1. The predicted octanol–water partition coefficient (Wildman–Crippen LogP) is 4.59. The topological polar surface area (TPSA) is 46.5 Å². The van der Waals surface area contributed by atoms with Crippen LogP contribution in [0.1, 0.15) is 69.7 Å². The van der Waals surface area contributed by atoms with Crippen molar-refractivity contribution >= 4 is 5.97 Å². The molecule has 5 atom stereocenters. The summed E-state index contributed by atoms with van der Waals surface area (Å²) in [6, 6.07) is 9.25. The first-order valence-corrected chi connectivity index (χ1v) is 9.70. The Morgan fingerprint density at radius 2 is 1.84 bits per heavy atom. The van der Waals surface area contributed by atoms with Crippen LogP contribution in [0, 0.1) is 22.2 Å². The highest BCUT2D eigenvalue weighted by atomic mass is 16.5. The Balaban J connectivity index is 1.62. The van der Waals surface area contributed by atoms with E-state index in [2.05, 4.69) is 20.8 Å². The largest absolute Gasteiger partial charge is 0.458 e. The number of hydrogen-bond acceptors (Lipinski definition) is 3. The maximum Gasteiger partial charge on any atom is 0.338 e. The number of rotatable bonds is 2. The van der Waals surface area contributed by atoms with Crippen LogP contribution < -0.4 is 0 Å². The molecule has 3 aliphatic carbocycles. The lowest BCUT2D eigenvalue weighted by Gasteiger charge is -2.56. The fourth-order valence-electron chi connectivity index (χ4n) is 6.75. The van der Waals surface area contributed by atoms with E-state index in [-0.39, 0.29) is 40.3 Å². The molecule has 0 aliphatic heterocycles.